The molecular weight excluding hydrogens is 414 g/mol. The van der Waals surface area contributed by atoms with Crippen LogP contribution in [0, 0.1) is 5.92 Å². The molecule has 0 unspecified atom stereocenters. The second-order valence-corrected chi connectivity index (χ2v) is 11.0. The number of rotatable bonds is 7. The molecule has 1 heterocycles. The highest BCUT2D eigenvalue weighted by Crippen LogP contribution is 2.39. The summed E-state index contributed by atoms with van der Waals surface area (Å²) in [7, 11) is -1.89. The van der Waals surface area contributed by atoms with E-state index in [1.165, 1.54) is 6.42 Å². The van der Waals surface area contributed by atoms with Crippen LogP contribution in [0.1, 0.15) is 63.9 Å². The van der Waals surface area contributed by atoms with E-state index in [4.69, 9.17) is 0 Å². The summed E-state index contributed by atoms with van der Waals surface area (Å²) in [5.41, 5.74) is 1.71. The fourth-order valence-corrected chi connectivity index (χ4v) is 5.94. The van der Waals surface area contributed by atoms with Crippen LogP contribution < -0.4 is 9.62 Å². The monoisotopic (exact) mass is 447 g/mol. The second kappa shape index (κ2) is 8.90. The molecule has 7 nitrogen and oxygen atoms in total. The molecule has 0 spiro atoms. The Morgan fingerprint density at radius 2 is 1.84 bits per heavy atom. The zero-order chi connectivity index (χ0) is 22.2. The van der Waals surface area contributed by atoms with Gasteiger partial charge in [-0.15, -0.1) is 0 Å². The number of fused-ring (bicyclic) bond motifs is 1. The minimum atomic E-state index is -3.71. The maximum Gasteiger partial charge on any atom is 0.240 e. The first-order valence-corrected chi connectivity index (χ1v) is 13.0. The fourth-order valence-electron chi connectivity index (χ4n) is 4.86. The highest BCUT2D eigenvalue weighted by Gasteiger charge is 2.39. The Morgan fingerprint density at radius 1 is 1.13 bits per heavy atom. The number of carbonyl (C=O) groups excluding carboxylic acids is 2. The van der Waals surface area contributed by atoms with E-state index in [2.05, 4.69) is 4.72 Å². The molecule has 2 amide bonds. The van der Waals surface area contributed by atoms with Gasteiger partial charge in [-0.3, -0.25) is 9.59 Å². The van der Waals surface area contributed by atoms with E-state index in [-0.39, 0.29) is 47.7 Å². The molecule has 1 aromatic rings. The Morgan fingerprint density at radius 3 is 2.52 bits per heavy atom. The third-order valence-electron chi connectivity index (χ3n) is 6.89. The highest BCUT2D eigenvalue weighted by atomic mass is 32.2. The molecule has 0 radical (unpaired) electrons. The van der Waals surface area contributed by atoms with Crippen molar-refractivity contribution >= 4 is 27.5 Å². The largest absolute Gasteiger partial charge is 0.343 e. The predicted octanol–water partition coefficient (Wildman–Crippen LogP) is 2.83. The number of nitrogens with zero attached hydrogens (tertiary/aromatic N) is 2. The molecule has 2 aliphatic carbocycles. The average molecular weight is 448 g/mol. The molecule has 3 aliphatic rings. The standard InChI is InChI=1S/C23H33N3O4S/c1-16-14-18-15-20(10-11-21(18)26(16)23(28)17-8-9-17)31(29,30)24-13-12-22(27)25(2)19-6-4-3-5-7-19/h10-11,15-17,19,24H,3-9,12-14H2,1-2H3/t16-/m0/s1. The number of anilines is 1. The van der Waals surface area contributed by atoms with Crippen LogP contribution in [-0.4, -0.2) is 50.8 Å². The quantitative estimate of drug-likeness (QED) is 0.696. The first-order chi connectivity index (χ1) is 14.8. The van der Waals surface area contributed by atoms with E-state index in [1.54, 1.807) is 23.1 Å². The highest BCUT2D eigenvalue weighted by molar-refractivity contribution is 7.89. The average Bonchev–Trinajstić information content (AvgIpc) is 3.55. The molecule has 170 valence electrons. The van der Waals surface area contributed by atoms with Crippen molar-refractivity contribution in [3.8, 4) is 0 Å². The van der Waals surface area contributed by atoms with Crippen molar-refractivity contribution in [1.82, 2.24) is 9.62 Å². The molecule has 2 fully saturated rings. The maximum atomic E-state index is 12.8. The van der Waals surface area contributed by atoms with Gasteiger partial charge in [-0.25, -0.2) is 13.1 Å². The third kappa shape index (κ3) is 4.80. The van der Waals surface area contributed by atoms with Crippen molar-refractivity contribution < 1.29 is 18.0 Å². The molecule has 1 atom stereocenters. The van der Waals surface area contributed by atoms with Gasteiger partial charge in [0.05, 0.1) is 4.90 Å². The molecule has 0 saturated heterocycles. The number of nitrogens with one attached hydrogen (secondary N) is 1. The summed E-state index contributed by atoms with van der Waals surface area (Å²) in [5.74, 6) is 0.259. The molecule has 1 aromatic carbocycles. The first kappa shape index (κ1) is 22.3. The van der Waals surface area contributed by atoms with Gasteiger partial charge in [0.2, 0.25) is 21.8 Å². The van der Waals surface area contributed by atoms with E-state index < -0.39 is 10.0 Å². The van der Waals surface area contributed by atoms with E-state index in [1.807, 2.05) is 18.9 Å². The van der Waals surface area contributed by atoms with Crippen LogP contribution in [0.25, 0.3) is 0 Å². The van der Waals surface area contributed by atoms with Crippen LogP contribution in [0.3, 0.4) is 0 Å². The smallest absolute Gasteiger partial charge is 0.240 e. The van der Waals surface area contributed by atoms with E-state index >= 15 is 0 Å². The zero-order valence-corrected chi connectivity index (χ0v) is 19.3. The SMILES string of the molecule is C[C@H]1Cc2cc(S(=O)(=O)NCCC(=O)N(C)C3CCCCC3)ccc2N1C(=O)C1CC1. The molecule has 1 N–H and O–H groups in total. The summed E-state index contributed by atoms with van der Waals surface area (Å²) < 4.78 is 28.1. The van der Waals surface area contributed by atoms with Gasteiger partial charge in [0, 0.05) is 43.7 Å². The summed E-state index contributed by atoms with van der Waals surface area (Å²) >= 11 is 0. The van der Waals surface area contributed by atoms with E-state index in [0.717, 1.165) is 49.8 Å². The van der Waals surface area contributed by atoms with E-state index in [0.29, 0.717) is 6.42 Å². The summed E-state index contributed by atoms with van der Waals surface area (Å²) in [6.45, 7) is 2.08. The van der Waals surface area contributed by atoms with Gasteiger partial charge in [-0.1, -0.05) is 19.3 Å². The molecule has 4 rings (SSSR count). The number of amides is 2. The molecular formula is C23H33N3O4S. The van der Waals surface area contributed by atoms with E-state index in [9.17, 15) is 18.0 Å². The minimum Gasteiger partial charge on any atom is -0.343 e. The van der Waals surface area contributed by atoms with Crippen LogP contribution >= 0.6 is 0 Å². The normalized spacial score (nSPS) is 21.7. The molecule has 1 aliphatic heterocycles. The van der Waals surface area contributed by atoms with Crippen LogP contribution in [0.5, 0.6) is 0 Å². The van der Waals surface area contributed by atoms with Crippen molar-refractivity contribution in [2.24, 2.45) is 5.92 Å². The summed E-state index contributed by atoms with van der Waals surface area (Å²) in [6, 6.07) is 5.29. The van der Waals surface area contributed by atoms with Gasteiger partial charge >= 0.3 is 0 Å². The molecule has 0 aromatic heterocycles. The van der Waals surface area contributed by atoms with Crippen molar-refractivity contribution in [1.29, 1.82) is 0 Å². The zero-order valence-electron chi connectivity index (χ0n) is 18.5. The van der Waals surface area contributed by atoms with Crippen LogP contribution in [-0.2, 0) is 26.0 Å². The van der Waals surface area contributed by atoms with Gasteiger partial charge in [0.25, 0.3) is 0 Å². The fraction of sp³-hybridized carbons (Fsp3) is 0.652. The number of hydrogen-bond donors (Lipinski definition) is 1. The number of benzene rings is 1. The second-order valence-electron chi connectivity index (χ2n) is 9.27. The Bertz CT molecular complexity index is 952. The van der Waals surface area contributed by atoms with Crippen molar-refractivity contribution in [3.63, 3.8) is 0 Å². The number of carbonyl (C=O) groups is 2. The Balaban J connectivity index is 1.36. The Hall–Kier alpha value is -1.93. The lowest BCUT2D eigenvalue weighted by Crippen LogP contribution is -2.39. The molecule has 31 heavy (non-hydrogen) atoms. The predicted molar refractivity (Wildman–Crippen MR) is 119 cm³/mol. The van der Waals surface area contributed by atoms with Crippen molar-refractivity contribution in [2.75, 3.05) is 18.5 Å². The van der Waals surface area contributed by atoms with Crippen molar-refractivity contribution in [2.45, 2.75) is 81.7 Å². The Labute approximate surface area is 185 Å². The summed E-state index contributed by atoms with van der Waals surface area (Å²) in [4.78, 5) is 28.9. The maximum absolute atomic E-state index is 12.8. The van der Waals surface area contributed by atoms with Gasteiger partial charge in [-0.05, 0) is 62.8 Å². The third-order valence-corrected chi connectivity index (χ3v) is 8.35. The van der Waals surface area contributed by atoms with Crippen LogP contribution in [0.2, 0.25) is 0 Å². The summed E-state index contributed by atoms with van der Waals surface area (Å²) in [5, 5.41) is 0. The van der Waals surface area contributed by atoms with Gasteiger partial charge in [-0.2, -0.15) is 0 Å². The number of hydrogen-bond acceptors (Lipinski definition) is 4. The molecule has 2 saturated carbocycles. The van der Waals surface area contributed by atoms with Gasteiger partial charge < -0.3 is 9.80 Å². The lowest BCUT2D eigenvalue weighted by molar-refractivity contribution is -0.132. The molecule has 0 bridgehead atoms. The minimum absolute atomic E-state index is 0.0217. The summed E-state index contributed by atoms with van der Waals surface area (Å²) in [6.07, 6.45) is 8.28. The topological polar surface area (TPSA) is 86.8 Å². The lowest BCUT2D eigenvalue weighted by atomic mass is 9.94. The molecule has 8 heteroatoms. The van der Waals surface area contributed by atoms with Gasteiger partial charge in [0.15, 0.2) is 0 Å². The van der Waals surface area contributed by atoms with Crippen LogP contribution in [0.15, 0.2) is 23.1 Å². The van der Waals surface area contributed by atoms with Crippen molar-refractivity contribution in [3.05, 3.63) is 23.8 Å². The number of sulfonamides is 1. The Kier molecular flexibility index (Phi) is 6.40. The lowest BCUT2D eigenvalue weighted by Gasteiger charge is -2.31. The first-order valence-electron chi connectivity index (χ1n) is 11.5. The van der Waals surface area contributed by atoms with Gasteiger partial charge in [0.1, 0.15) is 0 Å². The van der Waals surface area contributed by atoms with Crippen LogP contribution in [0.4, 0.5) is 5.69 Å².